The SMILES string of the molecule is CC(=O)c1cccc(O[C@H](C)C(=O)N2CC(n3nc(C)nc3C)C2)c1. The Morgan fingerprint density at radius 3 is 2.60 bits per heavy atom. The topological polar surface area (TPSA) is 77.3 Å². The molecule has 0 N–H and O–H groups in total. The van der Waals surface area contributed by atoms with Gasteiger partial charge in [-0.3, -0.25) is 9.59 Å². The number of Topliss-reactive ketones (excluding diaryl/α,β-unsaturated/α-hetero) is 1. The number of carbonyl (C=O) groups is 2. The number of hydrogen-bond donors (Lipinski definition) is 0. The Labute approximate surface area is 146 Å². The van der Waals surface area contributed by atoms with Crippen molar-refractivity contribution >= 4 is 11.7 Å². The minimum absolute atomic E-state index is 0.0338. The second-order valence-corrected chi connectivity index (χ2v) is 6.39. The number of benzene rings is 1. The molecule has 7 heteroatoms. The van der Waals surface area contributed by atoms with Crippen LogP contribution in [0.15, 0.2) is 24.3 Å². The van der Waals surface area contributed by atoms with Crippen molar-refractivity contribution in [3.8, 4) is 5.75 Å². The first-order chi connectivity index (χ1) is 11.8. The van der Waals surface area contributed by atoms with E-state index in [0.717, 1.165) is 11.6 Å². The van der Waals surface area contributed by atoms with Gasteiger partial charge in [0.1, 0.15) is 17.4 Å². The number of likely N-dealkylation sites (tertiary alicyclic amines) is 1. The molecule has 0 bridgehead atoms. The van der Waals surface area contributed by atoms with Gasteiger partial charge in [0.05, 0.1) is 6.04 Å². The lowest BCUT2D eigenvalue weighted by Gasteiger charge is -2.40. The van der Waals surface area contributed by atoms with E-state index in [4.69, 9.17) is 4.74 Å². The summed E-state index contributed by atoms with van der Waals surface area (Å²) >= 11 is 0. The van der Waals surface area contributed by atoms with Gasteiger partial charge in [-0.15, -0.1) is 0 Å². The average molecular weight is 342 g/mol. The van der Waals surface area contributed by atoms with Crippen LogP contribution >= 0.6 is 0 Å². The van der Waals surface area contributed by atoms with E-state index in [1.54, 1.807) is 36.1 Å². The van der Waals surface area contributed by atoms with Crippen LogP contribution in [0.2, 0.25) is 0 Å². The largest absolute Gasteiger partial charge is 0.481 e. The molecule has 25 heavy (non-hydrogen) atoms. The van der Waals surface area contributed by atoms with Crippen LogP contribution in [0.4, 0.5) is 0 Å². The van der Waals surface area contributed by atoms with Gasteiger partial charge in [0, 0.05) is 18.7 Å². The van der Waals surface area contributed by atoms with Crippen LogP contribution in [0.1, 0.15) is 41.9 Å². The summed E-state index contributed by atoms with van der Waals surface area (Å²) in [6.07, 6.45) is -0.610. The van der Waals surface area contributed by atoms with Crippen LogP contribution in [0.25, 0.3) is 0 Å². The minimum atomic E-state index is -0.610. The van der Waals surface area contributed by atoms with E-state index in [2.05, 4.69) is 10.1 Å². The van der Waals surface area contributed by atoms with E-state index in [1.165, 1.54) is 6.92 Å². The average Bonchev–Trinajstić information content (AvgIpc) is 2.84. The third-order valence-corrected chi connectivity index (χ3v) is 4.33. The van der Waals surface area contributed by atoms with Crippen LogP contribution in [0, 0.1) is 13.8 Å². The summed E-state index contributed by atoms with van der Waals surface area (Å²) in [6, 6.07) is 7.05. The molecule has 1 saturated heterocycles. The predicted octanol–water partition coefficient (Wildman–Crippen LogP) is 1.95. The van der Waals surface area contributed by atoms with E-state index in [9.17, 15) is 9.59 Å². The van der Waals surface area contributed by atoms with Crippen molar-refractivity contribution in [2.24, 2.45) is 0 Å². The van der Waals surface area contributed by atoms with Gasteiger partial charge in [0.25, 0.3) is 5.91 Å². The highest BCUT2D eigenvalue weighted by Gasteiger charge is 2.36. The number of aryl methyl sites for hydroxylation is 2. The second kappa shape index (κ2) is 6.66. The number of amides is 1. The molecule has 0 radical (unpaired) electrons. The molecule has 2 aromatic rings. The van der Waals surface area contributed by atoms with E-state index in [0.29, 0.717) is 24.4 Å². The van der Waals surface area contributed by atoms with Crippen LogP contribution in [-0.2, 0) is 4.79 Å². The van der Waals surface area contributed by atoms with E-state index in [-0.39, 0.29) is 17.7 Å². The molecule has 1 amide bonds. The van der Waals surface area contributed by atoms with E-state index >= 15 is 0 Å². The number of ether oxygens (including phenoxy) is 1. The molecular formula is C18H22N4O3. The quantitative estimate of drug-likeness (QED) is 0.776. The van der Waals surface area contributed by atoms with Crippen molar-refractivity contribution < 1.29 is 14.3 Å². The number of hydrogen-bond acceptors (Lipinski definition) is 5. The molecule has 132 valence electrons. The molecule has 0 spiro atoms. The summed E-state index contributed by atoms with van der Waals surface area (Å²) in [6.45, 7) is 8.20. The maximum Gasteiger partial charge on any atom is 0.263 e. The first kappa shape index (κ1) is 17.1. The lowest BCUT2D eigenvalue weighted by molar-refractivity contribution is -0.144. The van der Waals surface area contributed by atoms with Gasteiger partial charge in [-0.25, -0.2) is 9.67 Å². The fourth-order valence-electron chi connectivity index (χ4n) is 2.97. The Kier molecular flexibility index (Phi) is 4.57. The molecule has 1 aliphatic heterocycles. The maximum absolute atomic E-state index is 12.5. The zero-order valence-electron chi connectivity index (χ0n) is 14.9. The summed E-state index contributed by atoms with van der Waals surface area (Å²) in [5, 5.41) is 4.37. The fourth-order valence-corrected chi connectivity index (χ4v) is 2.97. The molecule has 0 saturated carbocycles. The first-order valence-electron chi connectivity index (χ1n) is 8.31. The molecule has 0 aliphatic carbocycles. The Bertz CT molecular complexity index is 808. The van der Waals surface area contributed by atoms with Crippen LogP contribution in [0.3, 0.4) is 0 Å². The van der Waals surface area contributed by atoms with Gasteiger partial charge >= 0.3 is 0 Å². The monoisotopic (exact) mass is 342 g/mol. The zero-order valence-corrected chi connectivity index (χ0v) is 14.9. The van der Waals surface area contributed by atoms with Crippen molar-refractivity contribution in [1.29, 1.82) is 0 Å². The first-order valence-corrected chi connectivity index (χ1v) is 8.31. The molecular weight excluding hydrogens is 320 g/mol. The van der Waals surface area contributed by atoms with Gasteiger partial charge < -0.3 is 9.64 Å². The lowest BCUT2D eigenvalue weighted by atomic mass is 10.1. The van der Waals surface area contributed by atoms with Crippen LogP contribution < -0.4 is 4.74 Å². The van der Waals surface area contributed by atoms with Crippen molar-refractivity contribution in [3.05, 3.63) is 41.5 Å². The highest BCUT2D eigenvalue weighted by molar-refractivity contribution is 5.94. The van der Waals surface area contributed by atoms with Crippen molar-refractivity contribution in [1.82, 2.24) is 19.7 Å². The van der Waals surface area contributed by atoms with Gasteiger partial charge in [0.15, 0.2) is 11.9 Å². The Morgan fingerprint density at radius 2 is 2.00 bits per heavy atom. The Hall–Kier alpha value is -2.70. The number of nitrogens with zero attached hydrogens (tertiary/aromatic N) is 4. The fraction of sp³-hybridized carbons (Fsp3) is 0.444. The van der Waals surface area contributed by atoms with Crippen molar-refractivity contribution in [2.45, 2.75) is 39.8 Å². The lowest BCUT2D eigenvalue weighted by Crippen LogP contribution is -2.54. The Morgan fingerprint density at radius 1 is 1.28 bits per heavy atom. The second-order valence-electron chi connectivity index (χ2n) is 6.39. The van der Waals surface area contributed by atoms with Gasteiger partial charge in [-0.2, -0.15) is 5.10 Å². The van der Waals surface area contributed by atoms with Crippen LogP contribution in [-0.4, -0.2) is 50.5 Å². The Balaban J connectivity index is 1.58. The smallest absolute Gasteiger partial charge is 0.263 e. The van der Waals surface area contributed by atoms with Gasteiger partial charge in [-0.1, -0.05) is 12.1 Å². The van der Waals surface area contributed by atoms with Crippen molar-refractivity contribution in [3.63, 3.8) is 0 Å². The summed E-state index contributed by atoms with van der Waals surface area (Å²) < 4.78 is 7.59. The van der Waals surface area contributed by atoms with E-state index < -0.39 is 6.10 Å². The maximum atomic E-state index is 12.5. The highest BCUT2D eigenvalue weighted by atomic mass is 16.5. The minimum Gasteiger partial charge on any atom is -0.481 e. The third kappa shape index (κ3) is 3.55. The highest BCUT2D eigenvalue weighted by Crippen LogP contribution is 2.24. The molecule has 3 rings (SSSR count). The molecule has 1 fully saturated rings. The number of aromatic nitrogens is 3. The number of ketones is 1. The number of rotatable bonds is 5. The molecule has 1 atom stereocenters. The molecule has 1 aromatic heterocycles. The molecule has 0 unspecified atom stereocenters. The summed E-state index contributed by atoms with van der Waals surface area (Å²) in [5.74, 6) is 2.02. The van der Waals surface area contributed by atoms with E-state index in [1.807, 2.05) is 18.5 Å². The summed E-state index contributed by atoms with van der Waals surface area (Å²) in [5.41, 5.74) is 0.568. The third-order valence-electron chi connectivity index (χ3n) is 4.33. The van der Waals surface area contributed by atoms with Crippen LogP contribution in [0.5, 0.6) is 5.75 Å². The molecule has 2 heterocycles. The summed E-state index contributed by atoms with van der Waals surface area (Å²) in [4.78, 5) is 30.0. The molecule has 7 nitrogen and oxygen atoms in total. The zero-order chi connectivity index (χ0) is 18.1. The van der Waals surface area contributed by atoms with Gasteiger partial charge in [-0.05, 0) is 39.8 Å². The number of carbonyl (C=O) groups excluding carboxylic acids is 2. The van der Waals surface area contributed by atoms with Gasteiger partial charge in [0.2, 0.25) is 0 Å². The standard InChI is InChI=1S/C18H22N4O3/c1-11(23)15-6-5-7-17(8-15)25-12(2)18(24)21-9-16(10-21)22-14(4)19-13(3)20-22/h5-8,12,16H,9-10H2,1-4H3/t12-/m1/s1. The predicted molar refractivity (Wildman–Crippen MR) is 91.6 cm³/mol. The summed E-state index contributed by atoms with van der Waals surface area (Å²) in [7, 11) is 0. The molecule has 1 aliphatic rings. The van der Waals surface area contributed by atoms with Crippen molar-refractivity contribution in [2.75, 3.05) is 13.1 Å². The normalized spacial score (nSPS) is 15.6. The molecule has 1 aromatic carbocycles.